The van der Waals surface area contributed by atoms with Crippen LogP contribution in [0.2, 0.25) is 5.02 Å². The van der Waals surface area contributed by atoms with Gasteiger partial charge in [0.05, 0.1) is 18.3 Å². The maximum absolute atomic E-state index is 14.2. The molecule has 0 aliphatic rings. The van der Waals surface area contributed by atoms with Crippen molar-refractivity contribution in [2.24, 2.45) is 5.92 Å². The Hall–Kier alpha value is -4.16. The van der Waals surface area contributed by atoms with Crippen LogP contribution in [0.25, 0.3) is 0 Å². The van der Waals surface area contributed by atoms with Gasteiger partial charge in [0.15, 0.2) is 0 Å². The Balaban J connectivity index is 2.13. The number of methoxy groups -OCH3 is 1. The van der Waals surface area contributed by atoms with Gasteiger partial charge in [0, 0.05) is 36.7 Å². The SMILES string of the molecule is COc1ccc([N+](=O)[O-])cc1N(CC(=O)N(Cc1ccccc1Cl)[C@H](Cc1ccccc1)C(=O)NCC(C)C)S(C)(=O)=O. The maximum Gasteiger partial charge on any atom is 0.271 e. The summed E-state index contributed by atoms with van der Waals surface area (Å²) < 4.78 is 32.1. The average molecular weight is 631 g/mol. The molecule has 0 spiro atoms. The van der Waals surface area contributed by atoms with Crippen LogP contribution in [0.5, 0.6) is 5.75 Å². The Morgan fingerprint density at radius 2 is 1.70 bits per heavy atom. The van der Waals surface area contributed by atoms with E-state index in [9.17, 15) is 28.1 Å². The highest BCUT2D eigenvalue weighted by Gasteiger charge is 2.34. The third kappa shape index (κ3) is 9.16. The number of benzene rings is 3. The number of nitro benzene ring substituents is 1. The standard InChI is InChI=1S/C30H35ClN4O7S/c1-21(2)18-32-30(37)27(16-22-10-6-5-7-11-22)33(19-23-12-8-9-13-25(23)31)29(36)20-34(43(4,40)41)26-17-24(35(38)39)14-15-28(26)42-3/h5-15,17,21,27H,16,18-20H2,1-4H3,(H,32,37)/t27-/m1/s1. The van der Waals surface area contributed by atoms with Gasteiger partial charge >= 0.3 is 0 Å². The van der Waals surface area contributed by atoms with Crippen molar-refractivity contribution >= 4 is 44.8 Å². The first-order valence-electron chi connectivity index (χ1n) is 13.5. The number of ether oxygens (including phenoxy) is 1. The molecule has 0 radical (unpaired) electrons. The molecule has 2 amide bonds. The van der Waals surface area contributed by atoms with Crippen molar-refractivity contribution in [3.8, 4) is 5.75 Å². The van der Waals surface area contributed by atoms with Crippen molar-refractivity contribution in [3.05, 3.63) is 99.1 Å². The van der Waals surface area contributed by atoms with Crippen molar-refractivity contribution in [2.75, 3.05) is 30.8 Å². The topological polar surface area (TPSA) is 139 Å². The molecule has 1 N–H and O–H groups in total. The Bertz CT molecular complexity index is 1550. The van der Waals surface area contributed by atoms with Gasteiger partial charge in [-0.3, -0.25) is 24.0 Å². The Morgan fingerprint density at radius 3 is 2.28 bits per heavy atom. The summed E-state index contributed by atoms with van der Waals surface area (Å²) in [4.78, 5) is 40.0. The zero-order valence-electron chi connectivity index (χ0n) is 24.4. The van der Waals surface area contributed by atoms with Crippen LogP contribution in [-0.2, 0) is 32.6 Å². The van der Waals surface area contributed by atoms with Gasteiger partial charge in [-0.15, -0.1) is 0 Å². The number of halogens is 1. The first kappa shape index (κ1) is 33.3. The largest absolute Gasteiger partial charge is 0.495 e. The molecule has 11 nitrogen and oxygen atoms in total. The first-order chi connectivity index (χ1) is 20.3. The van der Waals surface area contributed by atoms with Gasteiger partial charge in [0.25, 0.3) is 5.69 Å². The number of carbonyl (C=O) groups is 2. The van der Waals surface area contributed by atoms with Gasteiger partial charge in [-0.05, 0) is 29.2 Å². The number of amides is 2. The molecule has 13 heteroatoms. The molecule has 43 heavy (non-hydrogen) atoms. The molecule has 0 bridgehead atoms. The van der Waals surface area contributed by atoms with Gasteiger partial charge in [-0.2, -0.15) is 0 Å². The molecule has 0 saturated heterocycles. The van der Waals surface area contributed by atoms with E-state index in [4.69, 9.17) is 16.3 Å². The zero-order valence-corrected chi connectivity index (χ0v) is 26.0. The summed E-state index contributed by atoms with van der Waals surface area (Å²) >= 11 is 6.46. The highest BCUT2D eigenvalue weighted by Crippen LogP contribution is 2.34. The fraction of sp³-hybridized carbons (Fsp3) is 0.333. The summed E-state index contributed by atoms with van der Waals surface area (Å²) in [5, 5.41) is 14.8. The van der Waals surface area contributed by atoms with Crippen molar-refractivity contribution in [1.29, 1.82) is 0 Å². The van der Waals surface area contributed by atoms with Crippen molar-refractivity contribution < 1.29 is 27.7 Å². The molecule has 0 aromatic heterocycles. The molecule has 1 atom stereocenters. The lowest BCUT2D eigenvalue weighted by Crippen LogP contribution is -2.53. The number of carbonyl (C=O) groups excluding carboxylic acids is 2. The highest BCUT2D eigenvalue weighted by atomic mass is 35.5. The number of nitrogens with one attached hydrogen (secondary N) is 1. The van der Waals surface area contributed by atoms with Gasteiger partial charge in [0.1, 0.15) is 24.0 Å². The second-order valence-electron chi connectivity index (χ2n) is 10.3. The number of hydrogen-bond acceptors (Lipinski definition) is 7. The predicted octanol–water partition coefficient (Wildman–Crippen LogP) is 4.44. The van der Waals surface area contributed by atoms with Crippen LogP contribution in [0.3, 0.4) is 0 Å². The minimum Gasteiger partial charge on any atom is -0.495 e. The minimum atomic E-state index is -4.17. The van der Waals surface area contributed by atoms with Gasteiger partial charge in [-0.25, -0.2) is 8.42 Å². The molecule has 3 aromatic rings. The summed E-state index contributed by atoms with van der Waals surface area (Å²) in [6.07, 6.45) is 1.02. The number of sulfonamides is 1. The van der Waals surface area contributed by atoms with Crippen LogP contribution in [0.4, 0.5) is 11.4 Å². The quantitative estimate of drug-likeness (QED) is 0.205. The van der Waals surface area contributed by atoms with Gasteiger partial charge in [-0.1, -0.05) is 74.0 Å². The minimum absolute atomic E-state index is 0.0111. The van der Waals surface area contributed by atoms with Crippen LogP contribution < -0.4 is 14.4 Å². The Labute approximate surface area is 256 Å². The monoisotopic (exact) mass is 630 g/mol. The summed E-state index contributed by atoms with van der Waals surface area (Å²) in [6, 6.07) is 18.4. The third-order valence-corrected chi connectivity index (χ3v) is 8.07. The number of nitro groups is 1. The van der Waals surface area contributed by atoms with E-state index in [0.29, 0.717) is 17.1 Å². The molecule has 0 aliphatic carbocycles. The van der Waals surface area contributed by atoms with Crippen LogP contribution >= 0.6 is 11.6 Å². The fourth-order valence-electron chi connectivity index (χ4n) is 4.37. The highest BCUT2D eigenvalue weighted by molar-refractivity contribution is 7.92. The maximum atomic E-state index is 14.2. The van der Waals surface area contributed by atoms with E-state index in [1.165, 1.54) is 24.1 Å². The summed E-state index contributed by atoms with van der Waals surface area (Å²) in [6.45, 7) is 3.38. The molecule has 0 unspecified atom stereocenters. The van der Waals surface area contributed by atoms with E-state index >= 15 is 0 Å². The predicted molar refractivity (Wildman–Crippen MR) is 166 cm³/mol. The summed E-state index contributed by atoms with van der Waals surface area (Å²) in [5.41, 5.74) is 0.754. The van der Waals surface area contributed by atoms with Crippen LogP contribution in [0.15, 0.2) is 72.8 Å². The van der Waals surface area contributed by atoms with Crippen LogP contribution in [-0.4, -0.2) is 62.6 Å². The zero-order chi connectivity index (χ0) is 31.7. The summed E-state index contributed by atoms with van der Waals surface area (Å²) in [5.74, 6) is -0.996. The number of anilines is 1. The van der Waals surface area contributed by atoms with E-state index in [1.807, 2.05) is 44.2 Å². The third-order valence-electron chi connectivity index (χ3n) is 6.58. The average Bonchev–Trinajstić information content (AvgIpc) is 2.96. The smallest absolute Gasteiger partial charge is 0.271 e. The van der Waals surface area contributed by atoms with E-state index in [-0.39, 0.29) is 36.0 Å². The Morgan fingerprint density at radius 1 is 1.05 bits per heavy atom. The van der Waals surface area contributed by atoms with Gasteiger partial charge in [0.2, 0.25) is 21.8 Å². The lowest BCUT2D eigenvalue weighted by Gasteiger charge is -2.34. The second-order valence-corrected chi connectivity index (χ2v) is 12.7. The molecule has 0 aliphatic heterocycles. The summed E-state index contributed by atoms with van der Waals surface area (Å²) in [7, 11) is -2.89. The van der Waals surface area contributed by atoms with E-state index in [0.717, 1.165) is 22.2 Å². The van der Waals surface area contributed by atoms with Crippen molar-refractivity contribution in [2.45, 2.75) is 32.9 Å². The number of nitrogens with zero attached hydrogens (tertiary/aromatic N) is 3. The van der Waals surface area contributed by atoms with E-state index in [2.05, 4.69) is 5.32 Å². The molecule has 3 rings (SSSR count). The van der Waals surface area contributed by atoms with E-state index < -0.39 is 39.3 Å². The molecule has 0 heterocycles. The number of rotatable bonds is 14. The van der Waals surface area contributed by atoms with Crippen LogP contribution in [0, 0.1) is 16.0 Å². The van der Waals surface area contributed by atoms with Crippen LogP contribution in [0.1, 0.15) is 25.0 Å². The van der Waals surface area contributed by atoms with Crippen molar-refractivity contribution in [3.63, 3.8) is 0 Å². The molecular formula is C30H35ClN4O7S. The molecule has 3 aromatic carbocycles. The lowest BCUT2D eigenvalue weighted by atomic mass is 10.0. The molecule has 0 fully saturated rings. The van der Waals surface area contributed by atoms with E-state index in [1.54, 1.807) is 24.3 Å². The fourth-order valence-corrected chi connectivity index (χ4v) is 5.41. The normalized spacial score (nSPS) is 12.0. The Kier molecular flexibility index (Phi) is 11.5. The second kappa shape index (κ2) is 14.8. The van der Waals surface area contributed by atoms with Crippen molar-refractivity contribution in [1.82, 2.24) is 10.2 Å². The number of non-ortho nitro benzene ring substituents is 1. The lowest BCUT2D eigenvalue weighted by molar-refractivity contribution is -0.384. The molecular weight excluding hydrogens is 596 g/mol. The number of hydrogen-bond donors (Lipinski definition) is 1. The molecule has 230 valence electrons. The first-order valence-corrected chi connectivity index (χ1v) is 15.7. The van der Waals surface area contributed by atoms with Gasteiger partial charge < -0.3 is 15.0 Å². The molecule has 0 saturated carbocycles.